The molecule has 2 saturated carbocycles. The Morgan fingerprint density at radius 1 is 1.11 bits per heavy atom. The molecule has 0 aromatic heterocycles. The zero-order chi connectivity index (χ0) is 13.9. The molecule has 0 bridgehead atoms. The van der Waals surface area contributed by atoms with Gasteiger partial charge in [0.1, 0.15) is 0 Å². The van der Waals surface area contributed by atoms with Crippen LogP contribution in [0.5, 0.6) is 0 Å². The average molecular weight is 266 g/mol. The van der Waals surface area contributed by atoms with Crippen LogP contribution in [0.1, 0.15) is 59.8 Å². The maximum absolute atomic E-state index is 3.77. The maximum Gasteiger partial charge on any atom is 0.0159 e. The van der Waals surface area contributed by atoms with E-state index in [2.05, 4.69) is 37.9 Å². The quantitative estimate of drug-likeness (QED) is 0.758. The predicted octanol–water partition coefficient (Wildman–Crippen LogP) is 3.52. The monoisotopic (exact) mass is 266 g/mol. The summed E-state index contributed by atoms with van der Waals surface area (Å²) < 4.78 is 0. The van der Waals surface area contributed by atoms with Gasteiger partial charge >= 0.3 is 0 Å². The van der Waals surface area contributed by atoms with Crippen LogP contribution in [0.3, 0.4) is 0 Å². The molecule has 0 saturated heterocycles. The highest BCUT2D eigenvalue weighted by Gasteiger charge is 2.41. The normalized spacial score (nSPS) is 30.8. The number of rotatable bonds is 7. The van der Waals surface area contributed by atoms with Gasteiger partial charge in [-0.15, -0.1) is 0 Å². The molecule has 2 heteroatoms. The Bertz CT molecular complexity index is 270. The number of hydrogen-bond donors (Lipinski definition) is 1. The van der Waals surface area contributed by atoms with E-state index in [9.17, 15) is 0 Å². The molecule has 0 aliphatic heterocycles. The fourth-order valence-corrected chi connectivity index (χ4v) is 4.08. The van der Waals surface area contributed by atoms with Crippen molar-refractivity contribution in [1.82, 2.24) is 10.2 Å². The zero-order valence-electron chi connectivity index (χ0n) is 13.5. The highest BCUT2D eigenvalue weighted by molar-refractivity contribution is 4.97. The van der Waals surface area contributed by atoms with Crippen LogP contribution in [0, 0.1) is 17.3 Å². The molecule has 0 radical (unpaired) electrons. The first kappa shape index (κ1) is 15.3. The lowest BCUT2D eigenvalue weighted by Gasteiger charge is -2.36. The molecule has 2 nitrogen and oxygen atoms in total. The highest BCUT2D eigenvalue weighted by atomic mass is 15.1. The Hall–Kier alpha value is -0.0800. The van der Waals surface area contributed by atoms with E-state index in [1.165, 1.54) is 51.7 Å². The van der Waals surface area contributed by atoms with E-state index in [-0.39, 0.29) is 0 Å². The van der Waals surface area contributed by atoms with Crippen LogP contribution in [-0.2, 0) is 0 Å². The molecular weight excluding hydrogens is 232 g/mol. The Balaban J connectivity index is 1.88. The van der Waals surface area contributed by atoms with Crippen LogP contribution in [0.25, 0.3) is 0 Å². The molecule has 0 heterocycles. The zero-order valence-corrected chi connectivity index (χ0v) is 13.5. The minimum atomic E-state index is 0.483. The van der Waals surface area contributed by atoms with E-state index in [0.29, 0.717) is 11.5 Å². The van der Waals surface area contributed by atoms with Crippen LogP contribution >= 0.6 is 0 Å². The van der Waals surface area contributed by atoms with E-state index >= 15 is 0 Å². The van der Waals surface area contributed by atoms with Gasteiger partial charge in [0.25, 0.3) is 0 Å². The van der Waals surface area contributed by atoms with Gasteiger partial charge in [0, 0.05) is 19.1 Å². The van der Waals surface area contributed by atoms with Crippen molar-refractivity contribution < 1.29 is 0 Å². The van der Waals surface area contributed by atoms with Gasteiger partial charge in [-0.05, 0) is 56.0 Å². The summed E-state index contributed by atoms with van der Waals surface area (Å²) >= 11 is 0. The molecule has 0 amide bonds. The second-order valence-corrected chi connectivity index (χ2v) is 7.47. The smallest absolute Gasteiger partial charge is 0.0159 e. The average Bonchev–Trinajstić information content (AvgIpc) is 2.59. The van der Waals surface area contributed by atoms with Gasteiger partial charge in [-0.2, -0.15) is 0 Å². The third kappa shape index (κ3) is 3.72. The van der Waals surface area contributed by atoms with Crippen molar-refractivity contribution in [2.75, 3.05) is 26.2 Å². The summed E-state index contributed by atoms with van der Waals surface area (Å²) in [6.07, 6.45) is 7.22. The largest absolute Gasteiger partial charge is 0.313 e. The molecule has 1 N–H and O–H groups in total. The molecule has 19 heavy (non-hydrogen) atoms. The second kappa shape index (κ2) is 6.58. The maximum atomic E-state index is 3.77. The van der Waals surface area contributed by atoms with E-state index < -0.39 is 0 Å². The summed E-state index contributed by atoms with van der Waals surface area (Å²) in [6.45, 7) is 14.5. The first-order valence-corrected chi connectivity index (χ1v) is 8.52. The van der Waals surface area contributed by atoms with Crippen LogP contribution in [0.15, 0.2) is 0 Å². The third-order valence-electron chi connectivity index (χ3n) is 5.58. The fourth-order valence-electron chi connectivity index (χ4n) is 4.08. The van der Waals surface area contributed by atoms with Gasteiger partial charge in [-0.25, -0.2) is 0 Å². The Morgan fingerprint density at radius 2 is 1.84 bits per heavy atom. The summed E-state index contributed by atoms with van der Waals surface area (Å²) in [4.78, 5) is 2.72. The summed E-state index contributed by atoms with van der Waals surface area (Å²) in [5.41, 5.74) is 0.483. The van der Waals surface area contributed by atoms with Gasteiger partial charge in [-0.3, -0.25) is 0 Å². The fraction of sp³-hybridized carbons (Fsp3) is 1.00. The molecule has 112 valence electrons. The van der Waals surface area contributed by atoms with Crippen molar-refractivity contribution in [2.45, 2.75) is 65.8 Å². The van der Waals surface area contributed by atoms with Gasteiger partial charge in [0.15, 0.2) is 0 Å². The SMILES string of the molecule is CCNC1C(CN(CC)CC2CCC2)CCC1(C)C. The number of nitrogens with zero attached hydrogens (tertiary/aromatic N) is 1. The molecule has 2 unspecified atom stereocenters. The molecule has 2 aliphatic carbocycles. The number of hydrogen-bond acceptors (Lipinski definition) is 2. The van der Waals surface area contributed by atoms with E-state index in [0.717, 1.165) is 18.4 Å². The molecule has 2 aliphatic rings. The van der Waals surface area contributed by atoms with Gasteiger partial charge in [0.05, 0.1) is 0 Å². The lowest BCUT2D eigenvalue weighted by atomic mass is 9.83. The van der Waals surface area contributed by atoms with E-state index in [4.69, 9.17) is 0 Å². The molecule has 0 aromatic rings. The first-order chi connectivity index (χ1) is 9.06. The second-order valence-electron chi connectivity index (χ2n) is 7.47. The van der Waals surface area contributed by atoms with Crippen molar-refractivity contribution >= 4 is 0 Å². The Kier molecular flexibility index (Phi) is 5.30. The van der Waals surface area contributed by atoms with Crippen LogP contribution < -0.4 is 5.32 Å². The highest BCUT2D eigenvalue weighted by Crippen LogP contribution is 2.41. The standard InChI is InChI=1S/C17H34N2/c1-5-18-16-15(10-11-17(16,3)4)13-19(6-2)12-14-8-7-9-14/h14-16,18H,5-13H2,1-4H3. The van der Waals surface area contributed by atoms with Gasteiger partial charge in [0.2, 0.25) is 0 Å². The molecule has 2 atom stereocenters. The lowest BCUT2D eigenvalue weighted by molar-refractivity contribution is 0.145. The summed E-state index contributed by atoms with van der Waals surface area (Å²) in [7, 11) is 0. The van der Waals surface area contributed by atoms with Crippen molar-refractivity contribution in [2.24, 2.45) is 17.3 Å². The minimum absolute atomic E-state index is 0.483. The van der Waals surface area contributed by atoms with Gasteiger partial charge < -0.3 is 10.2 Å². The predicted molar refractivity (Wildman–Crippen MR) is 83.4 cm³/mol. The van der Waals surface area contributed by atoms with Crippen molar-refractivity contribution in [1.29, 1.82) is 0 Å². The van der Waals surface area contributed by atoms with Crippen molar-refractivity contribution in [3.05, 3.63) is 0 Å². The van der Waals surface area contributed by atoms with Crippen LogP contribution in [0.4, 0.5) is 0 Å². The summed E-state index contributed by atoms with van der Waals surface area (Å²) in [6, 6.07) is 0.716. The molecule has 0 aromatic carbocycles. The molecule has 2 fully saturated rings. The summed E-state index contributed by atoms with van der Waals surface area (Å²) in [5.74, 6) is 1.86. The molecule has 0 spiro atoms. The Labute approximate surface area is 120 Å². The molecular formula is C17H34N2. The van der Waals surface area contributed by atoms with Crippen LogP contribution in [-0.4, -0.2) is 37.1 Å². The van der Waals surface area contributed by atoms with Crippen LogP contribution in [0.2, 0.25) is 0 Å². The van der Waals surface area contributed by atoms with Crippen molar-refractivity contribution in [3.8, 4) is 0 Å². The lowest BCUT2D eigenvalue weighted by Crippen LogP contribution is -2.46. The third-order valence-corrected chi connectivity index (χ3v) is 5.58. The minimum Gasteiger partial charge on any atom is -0.313 e. The molecule has 2 rings (SSSR count). The summed E-state index contributed by atoms with van der Waals surface area (Å²) in [5, 5.41) is 3.77. The van der Waals surface area contributed by atoms with Crippen molar-refractivity contribution in [3.63, 3.8) is 0 Å². The van der Waals surface area contributed by atoms with E-state index in [1.807, 2.05) is 0 Å². The topological polar surface area (TPSA) is 15.3 Å². The first-order valence-electron chi connectivity index (χ1n) is 8.52. The van der Waals surface area contributed by atoms with Gasteiger partial charge in [-0.1, -0.05) is 34.1 Å². The van der Waals surface area contributed by atoms with E-state index in [1.54, 1.807) is 0 Å². The Morgan fingerprint density at radius 3 is 2.37 bits per heavy atom. The number of nitrogens with one attached hydrogen (secondary N) is 1.